The van der Waals surface area contributed by atoms with E-state index in [1.807, 2.05) is 18.6 Å². The van der Waals surface area contributed by atoms with E-state index in [0.29, 0.717) is 10.5 Å². The molecule has 88 valence electrons. The minimum absolute atomic E-state index is 0.670. The van der Waals surface area contributed by atoms with Crippen LogP contribution >= 0.6 is 23.5 Å². The molecule has 0 amide bonds. The predicted octanol–water partition coefficient (Wildman–Crippen LogP) is 2.53. The minimum Gasteiger partial charge on any atom is -0.353 e. The van der Waals surface area contributed by atoms with Gasteiger partial charge in [-0.3, -0.25) is 4.98 Å². The summed E-state index contributed by atoms with van der Waals surface area (Å²) >= 11 is 3.70. The molecule has 0 unspecified atom stereocenters. The highest BCUT2D eigenvalue weighted by Gasteiger charge is 2.23. The second kappa shape index (κ2) is 5.27. The first kappa shape index (κ1) is 12.0. The molecular weight excluding hydrogens is 238 g/mol. The molecule has 0 spiro atoms. The standard InChI is InChI=1S/C11H17N3S2/c1-8-6-14(7-9(2)16-8)10-4-12-5-11(13-10)15-3/h4-5,8-9H,6-7H2,1-3H3/t8-,9-/m1/s1. The average molecular weight is 255 g/mol. The van der Waals surface area contributed by atoms with Crippen molar-refractivity contribution in [1.82, 2.24) is 9.97 Å². The lowest BCUT2D eigenvalue weighted by Gasteiger charge is -2.35. The van der Waals surface area contributed by atoms with Gasteiger partial charge in [0.05, 0.1) is 12.4 Å². The number of thioether (sulfide) groups is 2. The van der Waals surface area contributed by atoms with E-state index in [2.05, 4.69) is 40.5 Å². The van der Waals surface area contributed by atoms with E-state index in [1.165, 1.54) is 0 Å². The summed E-state index contributed by atoms with van der Waals surface area (Å²) in [6.45, 7) is 6.70. The first-order valence-electron chi connectivity index (χ1n) is 5.45. The zero-order valence-electron chi connectivity index (χ0n) is 9.88. The first-order chi connectivity index (χ1) is 7.69. The molecule has 16 heavy (non-hydrogen) atoms. The molecule has 2 atom stereocenters. The monoisotopic (exact) mass is 255 g/mol. The summed E-state index contributed by atoms with van der Waals surface area (Å²) < 4.78 is 0. The second-order valence-electron chi connectivity index (χ2n) is 4.08. The van der Waals surface area contributed by atoms with Crippen LogP contribution in [-0.4, -0.2) is 39.8 Å². The molecule has 5 heteroatoms. The fourth-order valence-electron chi connectivity index (χ4n) is 1.95. The average Bonchev–Trinajstić information content (AvgIpc) is 2.28. The molecule has 1 aromatic heterocycles. The summed E-state index contributed by atoms with van der Waals surface area (Å²) in [5.74, 6) is 1.02. The van der Waals surface area contributed by atoms with Gasteiger partial charge in [-0.2, -0.15) is 11.8 Å². The van der Waals surface area contributed by atoms with E-state index >= 15 is 0 Å². The number of anilines is 1. The van der Waals surface area contributed by atoms with Crippen LogP contribution in [0.25, 0.3) is 0 Å². The normalized spacial score (nSPS) is 25.8. The van der Waals surface area contributed by atoms with Gasteiger partial charge in [-0.15, -0.1) is 11.8 Å². The van der Waals surface area contributed by atoms with Crippen molar-refractivity contribution in [2.75, 3.05) is 24.2 Å². The molecular formula is C11H17N3S2. The van der Waals surface area contributed by atoms with Crippen molar-refractivity contribution in [3.05, 3.63) is 12.4 Å². The second-order valence-corrected chi connectivity index (χ2v) is 6.79. The lowest BCUT2D eigenvalue weighted by Crippen LogP contribution is -2.40. The van der Waals surface area contributed by atoms with Gasteiger partial charge in [0.1, 0.15) is 10.8 Å². The molecule has 1 aliphatic heterocycles. The highest BCUT2D eigenvalue weighted by atomic mass is 32.2. The lowest BCUT2D eigenvalue weighted by atomic mass is 10.3. The van der Waals surface area contributed by atoms with Crippen molar-refractivity contribution in [1.29, 1.82) is 0 Å². The third kappa shape index (κ3) is 2.83. The Morgan fingerprint density at radius 3 is 2.62 bits per heavy atom. The van der Waals surface area contributed by atoms with Gasteiger partial charge in [0.25, 0.3) is 0 Å². The minimum atomic E-state index is 0.670. The van der Waals surface area contributed by atoms with Gasteiger partial charge >= 0.3 is 0 Å². The first-order valence-corrected chi connectivity index (χ1v) is 7.62. The Morgan fingerprint density at radius 1 is 1.31 bits per heavy atom. The zero-order chi connectivity index (χ0) is 11.5. The SMILES string of the molecule is CSc1cncc(N2C[C@@H](C)S[C@H](C)C2)n1. The van der Waals surface area contributed by atoms with Crippen LogP contribution in [0.2, 0.25) is 0 Å². The number of aromatic nitrogens is 2. The zero-order valence-corrected chi connectivity index (χ0v) is 11.5. The third-order valence-electron chi connectivity index (χ3n) is 2.55. The molecule has 0 bridgehead atoms. The van der Waals surface area contributed by atoms with Crippen molar-refractivity contribution >= 4 is 29.3 Å². The van der Waals surface area contributed by atoms with Crippen molar-refractivity contribution in [2.24, 2.45) is 0 Å². The number of nitrogens with zero attached hydrogens (tertiary/aromatic N) is 3. The number of hydrogen-bond acceptors (Lipinski definition) is 5. The van der Waals surface area contributed by atoms with Gasteiger partial charge < -0.3 is 4.90 Å². The van der Waals surface area contributed by atoms with Crippen LogP contribution in [0.5, 0.6) is 0 Å². The Morgan fingerprint density at radius 2 is 2.00 bits per heavy atom. The lowest BCUT2D eigenvalue weighted by molar-refractivity contribution is 0.712. The fraction of sp³-hybridized carbons (Fsp3) is 0.636. The van der Waals surface area contributed by atoms with Gasteiger partial charge in [0.2, 0.25) is 0 Å². The van der Waals surface area contributed by atoms with E-state index in [-0.39, 0.29) is 0 Å². The summed E-state index contributed by atoms with van der Waals surface area (Å²) in [6.07, 6.45) is 5.72. The quantitative estimate of drug-likeness (QED) is 0.758. The van der Waals surface area contributed by atoms with Gasteiger partial charge in [-0.25, -0.2) is 4.98 Å². The van der Waals surface area contributed by atoms with Crippen molar-refractivity contribution in [2.45, 2.75) is 29.4 Å². The highest BCUT2D eigenvalue weighted by Crippen LogP contribution is 2.27. The summed E-state index contributed by atoms with van der Waals surface area (Å²) in [5.41, 5.74) is 0. The molecule has 0 radical (unpaired) electrons. The molecule has 1 aliphatic rings. The van der Waals surface area contributed by atoms with E-state index in [9.17, 15) is 0 Å². The van der Waals surface area contributed by atoms with Crippen LogP contribution < -0.4 is 4.90 Å². The van der Waals surface area contributed by atoms with Crippen LogP contribution in [0.15, 0.2) is 17.4 Å². The fourth-order valence-corrected chi connectivity index (χ4v) is 3.63. The Kier molecular flexibility index (Phi) is 3.97. The number of hydrogen-bond donors (Lipinski definition) is 0. The Labute approximate surface area is 105 Å². The topological polar surface area (TPSA) is 29.0 Å². The van der Waals surface area contributed by atoms with E-state index in [1.54, 1.807) is 11.8 Å². The van der Waals surface area contributed by atoms with Crippen LogP contribution in [0, 0.1) is 0 Å². The summed E-state index contributed by atoms with van der Waals surface area (Å²) in [6, 6.07) is 0. The maximum absolute atomic E-state index is 4.60. The molecule has 0 N–H and O–H groups in total. The summed E-state index contributed by atoms with van der Waals surface area (Å²) in [4.78, 5) is 11.2. The summed E-state index contributed by atoms with van der Waals surface area (Å²) in [5, 5.41) is 2.34. The molecule has 3 nitrogen and oxygen atoms in total. The van der Waals surface area contributed by atoms with Crippen molar-refractivity contribution < 1.29 is 0 Å². The maximum Gasteiger partial charge on any atom is 0.148 e. The van der Waals surface area contributed by atoms with Crippen molar-refractivity contribution in [3.8, 4) is 0 Å². The smallest absolute Gasteiger partial charge is 0.148 e. The van der Waals surface area contributed by atoms with E-state index in [4.69, 9.17) is 0 Å². The molecule has 0 saturated carbocycles. The van der Waals surface area contributed by atoms with Gasteiger partial charge in [-0.1, -0.05) is 13.8 Å². The van der Waals surface area contributed by atoms with Gasteiger partial charge in [0.15, 0.2) is 0 Å². The maximum atomic E-state index is 4.60. The van der Waals surface area contributed by atoms with E-state index in [0.717, 1.165) is 23.9 Å². The Hall–Kier alpha value is -0.420. The van der Waals surface area contributed by atoms with Crippen molar-refractivity contribution in [3.63, 3.8) is 0 Å². The number of rotatable bonds is 2. The summed E-state index contributed by atoms with van der Waals surface area (Å²) in [7, 11) is 0. The predicted molar refractivity (Wildman–Crippen MR) is 72.5 cm³/mol. The molecule has 2 rings (SSSR count). The van der Waals surface area contributed by atoms with Crippen LogP contribution in [0.4, 0.5) is 5.82 Å². The molecule has 0 aliphatic carbocycles. The highest BCUT2D eigenvalue weighted by molar-refractivity contribution is 8.00. The van der Waals surface area contributed by atoms with E-state index < -0.39 is 0 Å². The van der Waals surface area contributed by atoms with Crippen LogP contribution in [-0.2, 0) is 0 Å². The Bertz CT molecular complexity index is 349. The molecule has 2 heterocycles. The molecule has 1 fully saturated rings. The van der Waals surface area contributed by atoms with Crippen LogP contribution in [0.3, 0.4) is 0 Å². The van der Waals surface area contributed by atoms with Crippen LogP contribution in [0.1, 0.15) is 13.8 Å². The molecule has 1 aromatic rings. The Balaban J connectivity index is 2.16. The third-order valence-corrected chi connectivity index (χ3v) is 4.39. The largest absolute Gasteiger partial charge is 0.353 e. The van der Waals surface area contributed by atoms with Gasteiger partial charge in [0, 0.05) is 23.6 Å². The van der Waals surface area contributed by atoms with Gasteiger partial charge in [-0.05, 0) is 6.26 Å². The molecule has 1 saturated heterocycles. The molecule has 0 aromatic carbocycles.